The minimum absolute atomic E-state index is 0.207. The first kappa shape index (κ1) is 24.8. The summed E-state index contributed by atoms with van der Waals surface area (Å²) in [6, 6.07) is 7.60. The molecule has 2 aliphatic rings. The van der Waals surface area contributed by atoms with Crippen molar-refractivity contribution in [2.24, 2.45) is 11.3 Å². The molecule has 1 aromatic heterocycles. The Kier molecular flexibility index (Phi) is 6.92. The van der Waals surface area contributed by atoms with Gasteiger partial charge in [0.25, 0.3) is 0 Å². The standard InChI is InChI=1S/C27H34N4O4/c1-16-21(20-6-8-23(32)30-24(20)33)14-18-13-17(5-7-22(18)29-16)15-28-25(34)26(35)31-11-9-19(10-12-31)27(2,3)4/h5,7,13-14,19-20H,6,8-12,15H2,1-4H3,(H,28,34)(H,30,32,33). The smallest absolute Gasteiger partial charge is 0.311 e. The average Bonchev–Trinajstić information content (AvgIpc) is 2.81. The molecule has 0 saturated carbocycles. The first-order valence-electron chi connectivity index (χ1n) is 12.3. The zero-order valence-corrected chi connectivity index (χ0v) is 20.9. The van der Waals surface area contributed by atoms with E-state index >= 15 is 0 Å². The number of aryl methyl sites for hydroxylation is 1. The van der Waals surface area contributed by atoms with Gasteiger partial charge in [0.15, 0.2) is 0 Å². The Hall–Kier alpha value is -3.29. The molecule has 2 aromatic rings. The highest BCUT2D eigenvalue weighted by atomic mass is 16.2. The number of hydrogen-bond donors (Lipinski definition) is 2. The lowest BCUT2D eigenvalue weighted by Crippen LogP contribution is -2.47. The maximum Gasteiger partial charge on any atom is 0.311 e. The highest BCUT2D eigenvalue weighted by molar-refractivity contribution is 6.35. The van der Waals surface area contributed by atoms with E-state index in [1.807, 2.05) is 31.2 Å². The van der Waals surface area contributed by atoms with Crippen molar-refractivity contribution in [3.05, 3.63) is 41.1 Å². The highest BCUT2D eigenvalue weighted by Gasteiger charge is 2.32. The molecule has 0 bridgehead atoms. The fraction of sp³-hybridized carbons (Fsp3) is 0.519. The van der Waals surface area contributed by atoms with Gasteiger partial charge in [0.2, 0.25) is 11.8 Å². The number of carbonyl (C=O) groups is 4. The lowest BCUT2D eigenvalue weighted by molar-refractivity contribution is -0.147. The number of amides is 4. The monoisotopic (exact) mass is 478 g/mol. The van der Waals surface area contributed by atoms with Gasteiger partial charge in [0, 0.05) is 37.1 Å². The van der Waals surface area contributed by atoms with E-state index in [1.54, 1.807) is 4.90 Å². The minimum Gasteiger partial charge on any atom is -0.344 e. The van der Waals surface area contributed by atoms with Crippen molar-refractivity contribution in [2.45, 2.75) is 65.8 Å². The lowest BCUT2D eigenvalue weighted by atomic mass is 9.75. The minimum atomic E-state index is -0.592. The first-order chi connectivity index (χ1) is 16.5. The zero-order valence-electron chi connectivity index (χ0n) is 20.9. The summed E-state index contributed by atoms with van der Waals surface area (Å²) in [5, 5.41) is 6.00. The van der Waals surface area contributed by atoms with Crippen molar-refractivity contribution in [1.29, 1.82) is 0 Å². The van der Waals surface area contributed by atoms with Gasteiger partial charge in [-0.3, -0.25) is 29.5 Å². The summed E-state index contributed by atoms with van der Waals surface area (Å²) >= 11 is 0. The van der Waals surface area contributed by atoms with Crippen LogP contribution in [0.3, 0.4) is 0 Å². The molecule has 4 amide bonds. The second-order valence-electron chi connectivity index (χ2n) is 10.8. The normalized spacial score (nSPS) is 19.5. The van der Waals surface area contributed by atoms with E-state index in [0.717, 1.165) is 40.6 Å². The number of aromatic nitrogens is 1. The predicted octanol–water partition coefficient (Wildman–Crippen LogP) is 2.96. The molecule has 0 aliphatic carbocycles. The van der Waals surface area contributed by atoms with Crippen molar-refractivity contribution in [3.63, 3.8) is 0 Å². The molecule has 2 aliphatic heterocycles. The second kappa shape index (κ2) is 9.76. The number of likely N-dealkylation sites (tertiary alicyclic amines) is 1. The van der Waals surface area contributed by atoms with Gasteiger partial charge in [-0.05, 0) is 66.8 Å². The number of nitrogens with one attached hydrogen (secondary N) is 2. The number of pyridine rings is 1. The van der Waals surface area contributed by atoms with Crippen LogP contribution in [0, 0.1) is 18.3 Å². The number of benzene rings is 1. The molecule has 8 heteroatoms. The maximum absolute atomic E-state index is 12.6. The van der Waals surface area contributed by atoms with Crippen molar-refractivity contribution in [1.82, 2.24) is 20.5 Å². The molecule has 186 valence electrons. The van der Waals surface area contributed by atoms with Crippen molar-refractivity contribution in [3.8, 4) is 0 Å². The lowest BCUT2D eigenvalue weighted by Gasteiger charge is -2.38. The van der Waals surface area contributed by atoms with Crippen LogP contribution in [-0.4, -0.2) is 46.6 Å². The van der Waals surface area contributed by atoms with E-state index < -0.39 is 17.7 Å². The van der Waals surface area contributed by atoms with Gasteiger partial charge in [-0.15, -0.1) is 0 Å². The third kappa shape index (κ3) is 5.52. The van der Waals surface area contributed by atoms with E-state index in [1.165, 1.54) is 0 Å². The van der Waals surface area contributed by atoms with Gasteiger partial charge in [-0.1, -0.05) is 26.8 Å². The van der Waals surface area contributed by atoms with E-state index in [2.05, 4.69) is 36.4 Å². The Bertz CT molecular complexity index is 1180. The molecular weight excluding hydrogens is 444 g/mol. The second-order valence-corrected chi connectivity index (χ2v) is 10.8. The fourth-order valence-electron chi connectivity index (χ4n) is 5.14. The van der Waals surface area contributed by atoms with E-state index in [0.29, 0.717) is 31.8 Å². The summed E-state index contributed by atoms with van der Waals surface area (Å²) in [4.78, 5) is 55.3. The number of rotatable bonds is 3. The summed E-state index contributed by atoms with van der Waals surface area (Å²) in [7, 11) is 0. The van der Waals surface area contributed by atoms with Crippen LogP contribution < -0.4 is 10.6 Å². The number of fused-ring (bicyclic) bond motifs is 1. The quantitative estimate of drug-likeness (QED) is 0.521. The van der Waals surface area contributed by atoms with Gasteiger partial charge in [0.05, 0.1) is 11.4 Å². The van der Waals surface area contributed by atoms with Gasteiger partial charge in [-0.2, -0.15) is 0 Å². The van der Waals surface area contributed by atoms with Crippen LogP contribution in [0.4, 0.5) is 0 Å². The molecule has 4 rings (SSSR count). The summed E-state index contributed by atoms with van der Waals surface area (Å²) in [5.74, 6) is -1.47. The molecule has 35 heavy (non-hydrogen) atoms. The van der Waals surface area contributed by atoms with Gasteiger partial charge < -0.3 is 10.2 Å². The molecule has 2 fully saturated rings. The fourth-order valence-corrected chi connectivity index (χ4v) is 5.14. The molecular formula is C27H34N4O4. The Morgan fingerprint density at radius 2 is 1.83 bits per heavy atom. The predicted molar refractivity (Wildman–Crippen MR) is 132 cm³/mol. The Morgan fingerprint density at radius 1 is 1.11 bits per heavy atom. The Morgan fingerprint density at radius 3 is 2.49 bits per heavy atom. The van der Waals surface area contributed by atoms with E-state index in [4.69, 9.17) is 0 Å². The van der Waals surface area contributed by atoms with Gasteiger partial charge in [-0.25, -0.2) is 0 Å². The van der Waals surface area contributed by atoms with Crippen LogP contribution >= 0.6 is 0 Å². The summed E-state index contributed by atoms with van der Waals surface area (Å²) < 4.78 is 0. The number of nitrogens with zero attached hydrogens (tertiary/aromatic N) is 2. The molecule has 3 heterocycles. The van der Waals surface area contributed by atoms with Crippen LogP contribution in [0.15, 0.2) is 24.3 Å². The molecule has 1 atom stereocenters. The Labute approximate surface area is 205 Å². The Balaban J connectivity index is 1.41. The van der Waals surface area contributed by atoms with Crippen molar-refractivity contribution in [2.75, 3.05) is 13.1 Å². The largest absolute Gasteiger partial charge is 0.344 e. The molecule has 2 N–H and O–H groups in total. The van der Waals surface area contributed by atoms with Gasteiger partial charge in [0.1, 0.15) is 0 Å². The van der Waals surface area contributed by atoms with Crippen LogP contribution in [0.1, 0.15) is 69.2 Å². The molecule has 2 saturated heterocycles. The highest BCUT2D eigenvalue weighted by Crippen LogP contribution is 2.34. The number of piperidine rings is 2. The zero-order chi connectivity index (χ0) is 25.3. The molecule has 8 nitrogen and oxygen atoms in total. The van der Waals surface area contributed by atoms with Crippen LogP contribution in [0.2, 0.25) is 0 Å². The maximum atomic E-state index is 12.6. The SMILES string of the molecule is Cc1nc2ccc(CNC(=O)C(=O)N3CCC(C(C)(C)C)CC3)cc2cc1C1CCC(=O)NC1=O. The van der Waals surface area contributed by atoms with Crippen LogP contribution in [0.25, 0.3) is 10.9 Å². The molecule has 1 aromatic carbocycles. The molecule has 1 unspecified atom stereocenters. The number of carbonyl (C=O) groups excluding carboxylic acids is 4. The van der Waals surface area contributed by atoms with Gasteiger partial charge >= 0.3 is 11.8 Å². The summed E-state index contributed by atoms with van der Waals surface area (Å²) in [5.41, 5.74) is 3.39. The summed E-state index contributed by atoms with van der Waals surface area (Å²) in [6.45, 7) is 9.96. The van der Waals surface area contributed by atoms with E-state index in [9.17, 15) is 19.2 Å². The van der Waals surface area contributed by atoms with Crippen LogP contribution in [-0.2, 0) is 25.7 Å². The van der Waals surface area contributed by atoms with Crippen molar-refractivity contribution < 1.29 is 19.2 Å². The van der Waals surface area contributed by atoms with Crippen LogP contribution in [0.5, 0.6) is 0 Å². The van der Waals surface area contributed by atoms with E-state index in [-0.39, 0.29) is 23.8 Å². The topological polar surface area (TPSA) is 108 Å². The molecule has 0 radical (unpaired) electrons. The first-order valence-corrected chi connectivity index (χ1v) is 12.3. The summed E-state index contributed by atoms with van der Waals surface area (Å²) in [6.07, 6.45) is 2.59. The molecule has 0 spiro atoms. The third-order valence-electron chi connectivity index (χ3n) is 7.38. The number of imide groups is 1. The number of hydrogen-bond acceptors (Lipinski definition) is 5. The third-order valence-corrected chi connectivity index (χ3v) is 7.38. The van der Waals surface area contributed by atoms with Crippen molar-refractivity contribution >= 4 is 34.5 Å². The average molecular weight is 479 g/mol.